The molecule has 0 saturated heterocycles. The molecule has 0 aromatic heterocycles. The molecule has 0 fully saturated rings. The van der Waals surface area contributed by atoms with Crippen molar-refractivity contribution >= 4 is 17.5 Å². The molecule has 0 saturated carbocycles. The van der Waals surface area contributed by atoms with Gasteiger partial charge in [-0.25, -0.2) is 0 Å². The van der Waals surface area contributed by atoms with Crippen LogP contribution >= 0.6 is 0 Å². The van der Waals surface area contributed by atoms with E-state index in [1.165, 1.54) is 16.7 Å². The van der Waals surface area contributed by atoms with Crippen LogP contribution in [0.3, 0.4) is 0 Å². The predicted octanol–water partition coefficient (Wildman–Crippen LogP) is 6.11. The summed E-state index contributed by atoms with van der Waals surface area (Å²) >= 11 is 0. The van der Waals surface area contributed by atoms with Gasteiger partial charge in [0, 0.05) is 17.6 Å². The molecule has 0 unspecified atom stereocenters. The Balaban J connectivity index is 1.97. The second-order valence-electron chi connectivity index (χ2n) is 5.77. The second-order valence-corrected chi connectivity index (χ2v) is 5.77. The molecule has 3 aromatic rings. The normalized spacial score (nSPS) is 10.9. The summed E-state index contributed by atoms with van der Waals surface area (Å²) in [6.07, 6.45) is 4.27. The molecule has 1 nitrogen and oxygen atoms in total. The maximum Gasteiger partial charge on any atom is 0.0455 e. The van der Waals surface area contributed by atoms with Crippen LogP contribution in [0.25, 0.3) is 6.08 Å². The van der Waals surface area contributed by atoms with Gasteiger partial charge in [0.25, 0.3) is 0 Å². The van der Waals surface area contributed by atoms with E-state index in [4.69, 9.17) is 0 Å². The average Bonchev–Trinajstić information content (AvgIpc) is 2.59. The van der Waals surface area contributed by atoms with E-state index in [9.17, 15) is 0 Å². The Morgan fingerprint density at radius 3 is 1.57 bits per heavy atom. The van der Waals surface area contributed by atoms with Crippen molar-refractivity contribution in [1.29, 1.82) is 0 Å². The van der Waals surface area contributed by atoms with Crippen molar-refractivity contribution in [3.63, 3.8) is 0 Å². The third-order valence-electron chi connectivity index (χ3n) is 3.84. The molecule has 0 aliphatic heterocycles. The zero-order valence-corrected chi connectivity index (χ0v) is 13.6. The first-order valence-electron chi connectivity index (χ1n) is 7.88. The molecule has 0 spiro atoms. The lowest BCUT2D eigenvalue weighted by Gasteiger charge is -2.21. The number of nitrogens with zero attached hydrogens (tertiary/aromatic N) is 1. The molecule has 0 N–H and O–H groups in total. The Morgan fingerprint density at radius 2 is 1.09 bits per heavy atom. The molecule has 0 amide bonds. The maximum atomic E-state index is 2.21. The smallest absolute Gasteiger partial charge is 0.0455 e. The Bertz CT molecular complexity index is 723. The highest BCUT2D eigenvalue weighted by molar-refractivity contribution is 5.69. The number of benzene rings is 3. The van der Waals surface area contributed by atoms with Crippen LogP contribution < -0.4 is 4.90 Å². The van der Waals surface area contributed by atoms with Gasteiger partial charge in [0.1, 0.15) is 0 Å². The van der Waals surface area contributed by atoms with Crippen LogP contribution in [-0.4, -0.2) is 0 Å². The van der Waals surface area contributed by atoms with E-state index in [-0.39, 0.29) is 0 Å². The van der Waals surface area contributed by atoms with Crippen LogP contribution in [0, 0.1) is 13.8 Å². The average molecular weight is 299 g/mol. The molecular formula is C22H21N. The summed E-state index contributed by atoms with van der Waals surface area (Å²) in [7, 11) is 0. The first kappa shape index (κ1) is 15.1. The van der Waals surface area contributed by atoms with Crippen LogP contribution in [0.4, 0.5) is 11.4 Å². The summed E-state index contributed by atoms with van der Waals surface area (Å²) in [5.74, 6) is 0. The quantitative estimate of drug-likeness (QED) is 0.561. The summed E-state index contributed by atoms with van der Waals surface area (Å²) in [4.78, 5) is 2.21. The minimum atomic E-state index is 1.16. The van der Waals surface area contributed by atoms with Crippen LogP contribution in [0.2, 0.25) is 0 Å². The highest BCUT2D eigenvalue weighted by Crippen LogP contribution is 2.27. The Morgan fingerprint density at radius 1 is 0.609 bits per heavy atom. The molecule has 3 aromatic carbocycles. The van der Waals surface area contributed by atoms with Crippen molar-refractivity contribution in [2.24, 2.45) is 0 Å². The SMILES string of the molecule is Cc1ccc(N(C=Cc2ccccc2)c2ccc(C)cc2)cc1. The van der Waals surface area contributed by atoms with Gasteiger partial charge in [-0.3, -0.25) is 0 Å². The zero-order valence-electron chi connectivity index (χ0n) is 13.6. The summed E-state index contributed by atoms with van der Waals surface area (Å²) in [6.45, 7) is 4.22. The van der Waals surface area contributed by atoms with Crippen LogP contribution in [0.15, 0.2) is 85.1 Å². The predicted molar refractivity (Wildman–Crippen MR) is 100.0 cm³/mol. The van der Waals surface area contributed by atoms with E-state index >= 15 is 0 Å². The molecule has 0 atom stereocenters. The third kappa shape index (κ3) is 3.89. The first-order chi connectivity index (χ1) is 11.2. The minimum Gasteiger partial charge on any atom is -0.317 e. The number of anilines is 2. The van der Waals surface area contributed by atoms with E-state index in [1.807, 2.05) is 6.07 Å². The van der Waals surface area contributed by atoms with E-state index < -0.39 is 0 Å². The fourth-order valence-electron chi connectivity index (χ4n) is 2.46. The summed E-state index contributed by atoms with van der Waals surface area (Å²) in [5.41, 5.74) is 6.05. The van der Waals surface area contributed by atoms with Gasteiger partial charge in [0.15, 0.2) is 0 Å². The molecular weight excluding hydrogens is 278 g/mol. The highest BCUT2D eigenvalue weighted by atomic mass is 15.1. The van der Waals surface area contributed by atoms with Gasteiger partial charge in [-0.05, 0) is 49.8 Å². The van der Waals surface area contributed by atoms with E-state index in [0.717, 1.165) is 11.4 Å². The molecule has 0 heterocycles. The minimum absolute atomic E-state index is 1.16. The van der Waals surface area contributed by atoms with Gasteiger partial charge < -0.3 is 4.90 Å². The molecule has 114 valence electrons. The first-order valence-corrected chi connectivity index (χ1v) is 7.88. The van der Waals surface area contributed by atoms with E-state index in [0.29, 0.717) is 0 Å². The topological polar surface area (TPSA) is 3.24 Å². The lowest BCUT2D eigenvalue weighted by atomic mass is 10.1. The monoisotopic (exact) mass is 299 g/mol. The fourth-order valence-corrected chi connectivity index (χ4v) is 2.46. The Kier molecular flexibility index (Phi) is 4.58. The lowest BCUT2D eigenvalue weighted by Crippen LogP contribution is -2.08. The van der Waals surface area contributed by atoms with Crippen molar-refractivity contribution in [3.05, 3.63) is 102 Å². The van der Waals surface area contributed by atoms with E-state index in [2.05, 4.69) is 104 Å². The van der Waals surface area contributed by atoms with Crippen molar-refractivity contribution in [3.8, 4) is 0 Å². The second kappa shape index (κ2) is 6.97. The third-order valence-corrected chi connectivity index (χ3v) is 3.84. The van der Waals surface area contributed by atoms with E-state index in [1.54, 1.807) is 0 Å². The standard InChI is InChI=1S/C22H21N/c1-18-8-12-21(13-9-18)23(22-14-10-19(2)11-15-22)17-16-20-6-4-3-5-7-20/h3-17H,1-2H3. The number of hydrogen-bond acceptors (Lipinski definition) is 1. The molecule has 1 heteroatoms. The van der Waals surface area contributed by atoms with Crippen molar-refractivity contribution in [2.45, 2.75) is 13.8 Å². The van der Waals surface area contributed by atoms with Crippen molar-refractivity contribution in [1.82, 2.24) is 0 Å². The molecule has 0 radical (unpaired) electrons. The summed E-state index contributed by atoms with van der Waals surface area (Å²) in [6, 6.07) is 27.6. The lowest BCUT2D eigenvalue weighted by molar-refractivity contribution is 1.27. The van der Waals surface area contributed by atoms with Gasteiger partial charge in [-0.1, -0.05) is 65.7 Å². The number of aryl methyl sites for hydroxylation is 2. The zero-order chi connectivity index (χ0) is 16.1. The molecule has 0 aliphatic rings. The Hall–Kier alpha value is -2.80. The molecule has 0 aliphatic carbocycles. The summed E-state index contributed by atoms with van der Waals surface area (Å²) < 4.78 is 0. The van der Waals surface area contributed by atoms with Gasteiger partial charge in [-0.2, -0.15) is 0 Å². The Labute approximate surface area is 138 Å². The van der Waals surface area contributed by atoms with Crippen LogP contribution in [-0.2, 0) is 0 Å². The maximum absolute atomic E-state index is 2.21. The largest absolute Gasteiger partial charge is 0.317 e. The molecule has 23 heavy (non-hydrogen) atoms. The highest BCUT2D eigenvalue weighted by Gasteiger charge is 2.06. The van der Waals surface area contributed by atoms with Crippen molar-refractivity contribution < 1.29 is 0 Å². The molecule has 3 rings (SSSR count). The van der Waals surface area contributed by atoms with Gasteiger partial charge >= 0.3 is 0 Å². The van der Waals surface area contributed by atoms with Crippen molar-refractivity contribution in [2.75, 3.05) is 4.90 Å². The van der Waals surface area contributed by atoms with Crippen LogP contribution in [0.5, 0.6) is 0 Å². The van der Waals surface area contributed by atoms with Gasteiger partial charge in [0.05, 0.1) is 0 Å². The van der Waals surface area contributed by atoms with Gasteiger partial charge in [-0.15, -0.1) is 0 Å². The van der Waals surface area contributed by atoms with Crippen LogP contribution in [0.1, 0.15) is 16.7 Å². The molecule has 0 bridgehead atoms. The summed E-state index contributed by atoms with van der Waals surface area (Å²) in [5, 5.41) is 0. The fraction of sp³-hybridized carbons (Fsp3) is 0.0909. The number of rotatable bonds is 4. The number of hydrogen-bond donors (Lipinski definition) is 0. The van der Waals surface area contributed by atoms with Gasteiger partial charge in [0.2, 0.25) is 0 Å².